The number of carbonyl (C=O) groups is 1. The van der Waals surface area contributed by atoms with E-state index in [1.165, 1.54) is 12.1 Å². The van der Waals surface area contributed by atoms with Crippen LogP contribution in [0.1, 0.15) is 26.7 Å². The van der Waals surface area contributed by atoms with Gasteiger partial charge in [0, 0.05) is 30.7 Å². The van der Waals surface area contributed by atoms with Crippen molar-refractivity contribution in [1.82, 2.24) is 9.80 Å². The Morgan fingerprint density at radius 3 is 2.86 bits per heavy atom. The van der Waals surface area contributed by atoms with E-state index in [0.29, 0.717) is 11.1 Å². The lowest BCUT2D eigenvalue weighted by molar-refractivity contribution is 0.104. The number of rotatable bonds is 3. The highest BCUT2D eigenvalue weighted by Gasteiger charge is 2.29. The average molecular weight is 328 g/mol. The molecule has 1 aromatic rings. The number of hydrogen-bond acceptors (Lipinski definition) is 2. The van der Waals surface area contributed by atoms with Gasteiger partial charge in [-0.1, -0.05) is 18.5 Å². The van der Waals surface area contributed by atoms with Gasteiger partial charge in [0.2, 0.25) is 0 Å². The van der Waals surface area contributed by atoms with Crippen molar-refractivity contribution >= 4 is 23.3 Å². The molecule has 22 heavy (non-hydrogen) atoms. The Balaban J connectivity index is 1.97. The fourth-order valence-corrected chi connectivity index (χ4v) is 3.14. The summed E-state index contributed by atoms with van der Waals surface area (Å²) in [7, 11) is 1.77. The van der Waals surface area contributed by atoms with Gasteiger partial charge in [-0.15, -0.1) is 0 Å². The van der Waals surface area contributed by atoms with Gasteiger partial charge in [0.25, 0.3) is 0 Å². The van der Waals surface area contributed by atoms with Crippen LogP contribution in [0, 0.1) is 5.82 Å². The number of anilines is 1. The summed E-state index contributed by atoms with van der Waals surface area (Å²) in [5.74, 6) is -0.525. The fraction of sp³-hybridized carbons (Fsp3) is 0.562. The third kappa shape index (κ3) is 3.90. The number of urea groups is 1. The maximum atomic E-state index is 13.8. The van der Waals surface area contributed by atoms with Gasteiger partial charge in [-0.3, -0.25) is 0 Å². The minimum Gasteiger partial charge on any atom is -0.325 e. The van der Waals surface area contributed by atoms with Gasteiger partial charge >= 0.3 is 6.03 Å². The second kappa shape index (κ2) is 7.29. The Labute approximate surface area is 136 Å². The minimum absolute atomic E-state index is 0.153. The molecule has 1 aromatic carbocycles. The zero-order valence-electron chi connectivity index (χ0n) is 13.3. The first-order valence-electron chi connectivity index (χ1n) is 7.65. The summed E-state index contributed by atoms with van der Waals surface area (Å²) in [4.78, 5) is 16.4. The zero-order chi connectivity index (χ0) is 16.3. The summed E-state index contributed by atoms with van der Waals surface area (Å²) in [6, 6.07) is 4.56. The number of nitrogens with zero attached hydrogens (tertiary/aromatic N) is 2. The molecule has 1 aliphatic rings. The molecule has 1 aliphatic heterocycles. The smallest absolute Gasteiger partial charge is 0.321 e. The van der Waals surface area contributed by atoms with E-state index in [4.69, 9.17) is 11.6 Å². The molecule has 2 amide bonds. The quantitative estimate of drug-likeness (QED) is 0.916. The van der Waals surface area contributed by atoms with Crippen LogP contribution in [0.3, 0.4) is 0 Å². The van der Waals surface area contributed by atoms with Gasteiger partial charge in [-0.05, 0) is 44.5 Å². The Morgan fingerprint density at radius 2 is 2.27 bits per heavy atom. The predicted molar refractivity (Wildman–Crippen MR) is 87.9 cm³/mol. The van der Waals surface area contributed by atoms with E-state index in [-0.39, 0.29) is 17.8 Å². The second-order valence-electron chi connectivity index (χ2n) is 5.82. The number of amides is 2. The Morgan fingerprint density at radius 1 is 1.55 bits per heavy atom. The summed E-state index contributed by atoms with van der Waals surface area (Å²) < 4.78 is 13.8. The van der Waals surface area contributed by atoms with Crippen molar-refractivity contribution in [2.24, 2.45) is 0 Å². The minimum atomic E-state index is -0.525. The number of carbonyl (C=O) groups excluding carboxylic acids is 1. The van der Waals surface area contributed by atoms with Crippen molar-refractivity contribution < 1.29 is 9.18 Å². The Hall–Kier alpha value is -1.33. The molecule has 0 spiro atoms. The summed E-state index contributed by atoms with van der Waals surface area (Å²) in [5.41, 5.74) is 0.153. The third-order valence-corrected chi connectivity index (χ3v) is 4.67. The fourth-order valence-electron chi connectivity index (χ4n) is 2.98. The van der Waals surface area contributed by atoms with E-state index >= 15 is 0 Å². The zero-order valence-corrected chi connectivity index (χ0v) is 14.0. The van der Waals surface area contributed by atoms with Crippen molar-refractivity contribution in [3.05, 3.63) is 29.0 Å². The lowest BCUT2D eigenvalue weighted by atomic mass is 9.97. The third-order valence-electron chi connectivity index (χ3n) is 4.43. The first-order chi connectivity index (χ1) is 10.4. The molecule has 1 heterocycles. The van der Waals surface area contributed by atoms with Crippen molar-refractivity contribution in [2.75, 3.05) is 25.5 Å². The predicted octanol–water partition coefficient (Wildman–Crippen LogP) is 3.82. The molecule has 122 valence electrons. The molecule has 0 aromatic heterocycles. The van der Waals surface area contributed by atoms with E-state index in [1.807, 2.05) is 0 Å². The molecule has 2 rings (SSSR count). The van der Waals surface area contributed by atoms with Crippen LogP contribution < -0.4 is 5.32 Å². The van der Waals surface area contributed by atoms with E-state index in [2.05, 4.69) is 24.1 Å². The molecular weight excluding hydrogens is 305 g/mol. The van der Waals surface area contributed by atoms with Gasteiger partial charge in [0.1, 0.15) is 5.82 Å². The number of piperidine rings is 1. The van der Waals surface area contributed by atoms with Crippen LogP contribution in [-0.2, 0) is 0 Å². The highest BCUT2D eigenvalue weighted by molar-refractivity contribution is 6.30. The molecule has 4 nitrogen and oxygen atoms in total. The van der Waals surface area contributed by atoms with Crippen molar-refractivity contribution in [3.63, 3.8) is 0 Å². The number of nitrogens with one attached hydrogen (secondary N) is 1. The van der Waals surface area contributed by atoms with Crippen LogP contribution in [0.25, 0.3) is 0 Å². The van der Waals surface area contributed by atoms with E-state index in [0.717, 1.165) is 25.9 Å². The van der Waals surface area contributed by atoms with Gasteiger partial charge in [-0.2, -0.15) is 0 Å². The van der Waals surface area contributed by atoms with Crippen LogP contribution in [-0.4, -0.2) is 48.1 Å². The molecule has 0 radical (unpaired) electrons. The summed E-state index contributed by atoms with van der Waals surface area (Å²) in [6.45, 7) is 6.34. The van der Waals surface area contributed by atoms with Crippen LogP contribution in [0.15, 0.2) is 18.2 Å². The van der Waals surface area contributed by atoms with Gasteiger partial charge in [-0.25, -0.2) is 9.18 Å². The van der Waals surface area contributed by atoms with Gasteiger partial charge in [0.15, 0.2) is 0 Å². The van der Waals surface area contributed by atoms with E-state index < -0.39 is 5.82 Å². The SMILES string of the molecule is CCN1CC[C@@H](N(C)C(=O)Nc2ccc(Cl)cc2F)C[C@H]1C. The second-order valence-corrected chi connectivity index (χ2v) is 6.26. The lowest BCUT2D eigenvalue weighted by Gasteiger charge is -2.40. The van der Waals surface area contributed by atoms with Gasteiger partial charge < -0.3 is 15.1 Å². The van der Waals surface area contributed by atoms with Crippen molar-refractivity contribution in [2.45, 2.75) is 38.8 Å². The number of halogens is 2. The number of benzene rings is 1. The molecule has 0 unspecified atom stereocenters. The maximum absolute atomic E-state index is 13.8. The lowest BCUT2D eigenvalue weighted by Crippen LogP contribution is -2.50. The largest absolute Gasteiger partial charge is 0.325 e. The molecule has 0 aliphatic carbocycles. The summed E-state index contributed by atoms with van der Waals surface area (Å²) in [6.07, 6.45) is 1.87. The number of likely N-dealkylation sites (tertiary alicyclic amines) is 1. The Kier molecular flexibility index (Phi) is 5.64. The monoisotopic (exact) mass is 327 g/mol. The molecular formula is C16H23ClFN3O. The van der Waals surface area contributed by atoms with Gasteiger partial charge in [0.05, 0.1) is 5.69 Å². The maximum Gasteiger partial charge on any atom is 0.321 e. The van der Waals surface area contributed by atoms with Crippen LogP contribution >= 0.6 is 11.6 Å². The summed E-state index contributed by atoms with van der Waals surface area (Å²) >= 11 is 5.71. The van der Waals surface area contributed by atoms with Crippen LogP contribution in [0.4, 0.5) is 14.9 Å². The van der Waals surface area contributed by atoms with Crippen LogP contribution in [0.5, 0.6) is 0 Å². The highest BCUT2D eigenvalue weighted by Crippen LogP contribution is 2.23. The van der Waals surface area contributed by atoms with Crippen molar-refractivity contribution in [3.8, 4) is 0 Å². The molecule has 1 N–H and O–H groups in total. The first kappa shape index (κ1) is 17.0. The van der Waals surface area contributed by atoms with Crippen molar-refractivity contribution in [1.29, 1.82) is 0 Å². The first-order valence-corrected chi connectivity index (χ1v) is 8.03. The average Bonchev–Trinajstić information content (AvgIpc) is 2.49. The van der Waals surface area contributed by atoms with E-state index in [9.17, 15) is 9.18 Å². The highest BCUT2D eigenvalue weighted by atomic mass is 35.5. The topological polar surface area (TPSA) is 35.6 Å². The van der Waals surface area contributed by atoms with E-state index in [1.54, 1.807) is 18.0 Å². The standard InChI is InChI=1S/C16H23ClFN3O/c1-4-21-8-7-13(9-11(21)2)20(3)16(22)19-15-6-5-12(17)10-14(15)18/h5-6,10-11,13H,4,7-9H2,1-3H3,(H,19,22)/t11-,13-/m1/s1. The van der Waals surface area contributed by atoms with Crippen LogP contribution in [0.2, 0.25) is 5.02 Å². The Bertz CT molecular complexity index is 540. The normalized spacial score (nSPS) is 22.4. The molecule has 0 saturated carbocycles. The molecule has 6 heteroatoms. The molecule has 1 fully saturated rings. The molecule has 2 atom stereocenters. The number of hydrogen-bond donors (Lipinski definition) is 1. The molecule has 1 saturated heterocycles. The summed E-state index contributed by atoms with van der Waals surface area (Å²) in [5, 5.41) is 2.92. The molecule has 0 bridgehead atoms.